The Labute approximate surface area is 178 Å². The number of nitrogens with one attached hydrogen (secondary N) is 2. The lowest BCUT2D eigenvalue weighted by Gasteiger charge is -2.37. The molecule has 0 heterocycles. The van der Waals surface area contributed by atoms with Crippen molar-refractivity contribution in [1.82, 2.24) is 0 Å². The van der Waals surface area contributed by atoms with Crippen molar-refractivity contribution in [2.24, 2.45) is 21.3 Å². The summed E-state index contributed by atoms with van der Waals surface area (Å²) in [4.78, 5) is 27.3. The lowest BCUT2D eigenvalue weighted by atomic mass is 9.64. The molecule has 2 N–H and O–H groups in total. The highest BCUT2D eigenvalue weighted by atomic mass is 16.2. The number of aryl methyl sites for hydroxylation is 2. The molecule has 2 fully saturated rings. The zero-order chi connectivity index (χ0) is 21.7. The summed E-state index contributed by atoms with van der Waals surface area (Å²) >= 11 is 0. The Kier molecular flexibility index (Phi) is 4.60. The van der Waals surface area contributed by atoms with Crippen LogP contribution in [-0.2, 0) is 9.59 Å². The smallest absolute Gasteiger partial charge is 0.239 e. The molecule has 0 aliphatic heterocycles. The maximum absolute atomic E-state index is 13.7. The quantitative estimate of drug-likeness (QED) is 0.551. The van der Waals surface area contributed by atoms with Gasteiger partial charge in [0, 0.05) is 11.1 Å². The van der Waals surface area contributed by atoms with E-state index in [1.54, 1.807) is 0 Å². The number of nitrogens with zero attached hydrogens (tertiary/aromatic N) is 1. The molecule has 0 radical (unpaired) electrons. The third-order valence-electron chi connectivity index (χ3n) is 7.51. The van der Waals surface area contributed by atoms with Crippen molar-refractivity contribution in [2.75, 3.05) is 10.7 Å². The first-order chi connectivity index (χ1) is 14.1. The normalized spacial score (nSPS) is 28.0. The van der Waals surface area contributed by atoms with E-state index in [-0.39, 0.29) is 11.7 Å². The highest BCUT2D eigenvalue weighted by Crippen LogP contribution is 2.69. The van der Waals surface area contributed by atoms with Gasteiger partial charge in [-0.2, -0.15) is 5.10 Å². The van der Waals surface area contributed by atoms with E-state index in [1.165, 1.54) is 0 Å². The van der Waals surface area contributed by atoms with E-state index in [4.69, 9.17) is 0 Å². The summed E-state index contributed by atoms with van der Waals surface area (Å²) in [5.41, 5.74) is 5.06. The van der Waals surface area contributed by atoms with Gasteiger partial charge in [0.15, 0.2) is 5.78 Å². The Bertz CT molecular complexity index is 1040. The second-order valence-electron chi connectivity index (χ2n) is 9.46. The third kappa shape index (κ3) is 2.72. The van der Waals surface area contributed by atoms with Crippen LogP contribution < -0.4 is 10.7 Å². The summed E-state index contributed by atoms with van der Waals surface area (Å²) in [6.45, 7) is 10.1. The lowest BCUT2D eigenvalue weighted by Crippen LogP contribution is -2.47. The molecule has 5 heteroatoms. The number of rotatable bonds is 4. The largest absolute Gasteiger partial charge is 0.325 e. The number of para-hydroxylation sites is 1. The molecule has 0 saturated heterocycles. The zero-order valence-corrected chi connectivity index (χ0v) is 18.3. The Morgan fingerprint density at radius 2 is 1.57 bits per heavy atom. The Hall–Kier alpha value is -2.95. The van der Waals surface area contributed by atoms with Crippen LogP contribution in [0.25, 0.3) is 0 Å². The van der Waals surface area contributed by atoms with E-state index < -0.39 is 16.2 Å². The van der Waals surface area contributed by atoms with Gasteiger partial charge in [-0.1, -0.05) is 45.0 Å². The van der Waals surface area contributed by atoms with E-state index in [0.717, 1.165) is 28.9 Å². The van der Waals surface area contributed by atoms with Gasteiger partial charge in [-0.25, -0.2) is 0 Å². The molecule has 156 valence electrons. The maximum Gasteiger partial charge on any atom is 0.239 e. The van der Waals surface area contributed by atoms with Crippen LogP contribution in [0.5, 0.6) is 0 Å². The van der Waals surface area contributed by atoms with Gasteiger partial charge >= 0.3 is 0 Å². The number of benzene rings is 2. The molecule has 4 rings (SSSR count). The monoisotopic (exact) mass is 403 g/mol. The molecule has 0 aromatic heterocycles. The van der Waals surface area contributed by atoms with E-state index in [0.29, 0.717) is 12.1 Å². The van der Waals surface area contributed by atoms with Crippen LogP contribution in [0.15, 0.2) is 53.6 Å². The van der Waals surface area contributed by atoms with Crippen LogP contribution in [0.3, 0.4) is 0 Å². The van der Waals surface area contributed by atoms with Gasteiger partial charge in [-0.15, -0.1) is 0 Å². The minimum atomic E-state index is -1.11. The van der Waals surface area contributed by atoms with Crippen molar-refractivity contribution in [3.63, 3.8) is 0 Å². The molecule has 30 heavy (non-hydrogen) atoms. The molecular weight excluding hydrogens is 374 g/mol. The molecule has 2 aromatic rings. The van der Waals surface area contributed by atoms with Gasteiger partial charge in [0.2, 0.25) is 5.91 Å². The second-order valence-corrected chi connectivity index (χ2v) is 9.46. The molecule has 5 nitrogen and oxygen atoms in total. The van der Waals surface area contributed by atoms with Crippen molar-refractivity contribution in [3.8, 4) is 0 Å². The van der Waals surface area contributed by atoms with Crippen LogP contribution >= 0.6 is 0 Å². The van der Waals surface area contributed by atoms with Crippen LogP contribution in [-0.4, -0.2) is 17.4 Å². The number of hydrogen-bond donors (Lipinski definition) is 2. The number of hydrazone groups is 1. The van der Waals surface area contributed by atoms with Crippen molar-refractivity contribution in [2.45, 2.75) is 47.5 Å². The zero-order valence-electron chi connectivity index (χ0n) is 18.3. The molecular formula is C25H29N3O2. The molecule has 0 spiro atoms. The Balaban J connectivity index is 1.70. The summed E-state index contributed by atoms with van der Waals surface area (Å²) in [6, 6.07) is 15.5. The van der Waals surface area contributed by atoms with Crippen LogP contribution in [0.1, 0.15) is 44.7 Å². The van der Waals surface area contributed by atoms with Gasteiger partial charge in [0.25, 0.3) is 0 Å². The van der Waals surface area contributed by atoms with Crippen LogP contribution in [0, 0.1) is 30.1 Å². The average molecular weight is 404 g/mol. The van der Waals surface area contributed by atoms with E-state index in [2.05, 4.69) is 28.8 Å². The number of anilines is 2. The Morgan fingerprint density at radius 1 is 0.933 bits per heavy atom. The minimum absolute atomic E-state index is 0.161. The van der Waals surface area contributed by atoms with Gasteiger partial charge in [-0.3, -0.25) is 15.0 Å². The number of fused-ring (bicyclic) bond motifs is 2. The van der Waals surface area contributed by atoms with Gasteiger partial charge < -0.3 is 5.32 Å². The van der Waals surface area contributed by atoms with Gasteiger partial charge in [-0.05, 0) is 67.5 Å². The van der Waals surface area contributed by atoms with Crippen molar-refractivity contribution in [1.29, 1.82) is 0 Å². The topological polar surface area (TPSA) is 70.6 Å². The molecule has 2 atom stereocenters. The number of Topliss-reactive ketones (excluding diaryl/α,β-unsaturated/α-hetero) is 1. The number of carbonyl (C=O) groups is 2. The number of amides is 1. The van der Waals surface area contributed by atoms with E-state index >= 15 is 0 Å². The maximum atomic E-state index is 13.7. The summed E-state index contributed by atoms with van der Waals surface area (Å²) in [5.74, 6) is -0.386. The SMILES string of the molecule is Cc1cc(C)cc(NC(=O)C23CCC(C)(/C(=N/Nc4ccccc4)C2=O)C3(C)C)c1. The summed E-state index contributed by atoms with van der Waals surface area (Å²) < 4.78 is 0. The fourth-order valence-corrected chi connectivity index (χ4v) is 5.39. The molecule has 2 unspecified atom stereocenters. The number of hydrogen-bond acceptors (Lipinski definition) is 4. The second kappa shape index (κ2) is 6.79. The van der Waals surface area contributed by atoms with Crippen molar-refractivity contribution in [3.05, 3.63) is 59.7 Å². The Morgan fingerprint density at radius 3 is 2.20 bits per heavy atom. The van der Waals surface area contributed by atoms with Crippen LogP contribution in [0.2, 0.25) is 0 Å². The molecule has 1 amide bonds. The first-order valence-corrected chi connectivity index (χ1v) is 10.5. The summed E-state index contributed by atoms with van der Waals surface area (Å²) in [5, 5.41) is 7.57. The highest BCUT2D eigenvalue weighted by Gasteiger charge is 2.76. The van der Waals surface area contributed by atoms with E-state index in [9.17, 15) is 9.59 Å². The fourth-order valence-electron chi connectivity index (χ4n) is 5.39. The average Bonchev–Trinajstić information content (AvgIpc) is 2.95. The van der Waals surface area contributed by atoms with Crippen LogP contribution in [0.4, 0.5) is 11.4 Å². The highest BCUT2D eigenvalue weighted by molar-refractivity contribution is 6.51. The van der Waals surface area contributed by atoms with Gasteiger partial charge in [0.05, 0.1) is 5.69 Å². The summed E-state index contributed by atoms with van der Waals surface area (Å²) in [6.07, 6.45) is 1.29. The predicted octanol–water partition coefficient (Wildman–Crippen LogP) is 5.11. The fraction of sp³-hybridized carbons (Fsp3) is 0.400. The van der Waals surface area contributed by atoms with Crippen molar-refractivity contribution >= 4 is 28.8 Å². The first kappa shape index (κ1) is 20.3. The van der Waals surface area contributed by atoms with E-state index in [1.807, 2.05) is 70.2 Å². The number of ketones is 1. The first-order valence-electron chi connectivity index (χ1n) is 10.5. The lowest BCUT2D eigenvalue weighted by molar-refractivity contribution is -0.139. The summed E-state index contributed by atoms with van der Waals surface area (Å²) in [7, 11) is 0. The number of carbonyl (C=O) groups excluding carboxylic acids is 2. The predicted molar refractivity (Wildman–Crippen MR) is 121 cm³/mol. The van der Waals surface area contributed by atoms with Crippen molar-refractivity contribution < 1.29 is 9.59 Å². The standard InChI is InChI=1S/C25H29N3O2/c1-16-13-17(2)15-19(14-16)26-22(30)25-12-11-24(5,23(25,3)4)20(21(25)29)28-27-18-9-7-6-8-10-18/h6-10,13-15,27H,11-12H2,1-5H3,(H,26,30)/b28-20+. The molecule has 2 bridgehead atoms. The molecule has 2 aliphatic rings. The van der Waals surface area contributed by atoms with Gasteiger partial charge in [0.1, 0.15) is 11.1 Å². The minimum Gasteiger partial charge on any atom is -0.325 e. The third-order valence-corrected chi connectivity index (χ3v) is 7.51. The molecule has 2 aliphatic carbocycles. The molecule has 2 aromatic carbocycles. The molecule has 2 saturated carbocycles.